The van der Waals surface area contributed by atoms with Crippen LogP contribution in [0.25, 0.3) is 0 Å². The Morgan fingerprint density at radius 1 is 1.26 bits per heavy atom. The molecule has 0 bridgehead atoms. The molecule has 1 aromatic rings. The fourth-order valence-corrected chi connectivity index (χ4v) is 3.03. The second kappa shape index (κ2) is 6.76. The number of carbonyl (C=O) groups is 1. The van der Waals surface area contributed by atoms with Gasteiger partial charge in [-0.3, -0.25) is 9.69 Å². The van der Waals surface area contributed by atoms with Gasteiger partial charge in [-0.25, -0.2) is 0 Å². The number of methoxy groups -OCH3 is 2. The summed E-state index contributed by atoms with van der Waals surface area (Å²) >= 11 is 0. The van der Waals surface area contributed by atoms with Crippen molar-refractivity contribution in [3.63, 3.8) is 0 Å². The molecule has 2 N–H and O–H groups in total. The van der Waals surface area contributed by atoms with Gasteiger partial charge in [-0.1, -0.05) is 0 Å². The molecular weight excluding hydrogens is 294 g/mol. The molecule has 0 aliphatic carbocycles. The zero-order valence-electron chi connectivity index (χ0n) is 14.6. The van der Waals surface area contributed by atoms with E-state index < -0.39 is 0 Å². The number of carbonyl (C=O) groups excluding carboxylic acids is 1. The minimum Gasteiger partial charge on any atom is -0.497 e. The molecule has 6 nitrogen and oxygen atoms in total. The van der Waals surface area contributed by atoms with Crippen molar-refractivity contribution in [1.29, 1.82) is 0 Å². The highest BCUT2D eigenvalue weighted by molar-refractivity contribution is 5.99. The van der Waals surface area contributed by atoms with Crippen molar-refractivity contribution in [3.8, 4) is 11.5 Å². The molecule has 1 amide bonds. The van der Waals surface area contributed by atoms with E-state index in [-0.39, 0.29) is 17.5 Å². The number of ether oxygens (including phenoxy) is 2. The molecule has 23 heavy (non-hydrogen) atoms. The molecule has 1 aromatic carbocycles. The Hall–Kier alpha value is -1.79. The summed E-state index contributed by atoms with van der Waals surface area (Å²) in [6.45, 7) is 5.27. The Bertz CT molecular complexity index is 546. The van der Waals surface area contributed by atoms with Gasteiger partial charge in [0.25, 0.3) is 0 Å². The van der Waals surface area contributed by atoms with E-state index in [1.54, 1.807) is 25.2 Å². The van der Waals surface area contributed by atoms with E-state index in [4.69, 9.17) is 15.2 Å². The van der Waals surface area contributed by atoms with Crippen LogP contribution in [0.1, 0.15) is 20.3 Å². The zero-order chi connectivity index (χ0) is 17.2. The predicted octanol–water partition coefficient (Wildman–Crippen LogP) is 1.48. The van der Waals surface area contributed by atoms with Crippen LogP contribution in [-0.2, 0) is 4.79 Å². The maximum Gasteiger partial charge on any atom is 0.244 e. The third-order valence-corrected chi connectivity index (χ3v) is 4.01. The lowest BCUT2D eigenvalue weighted by Crippen LogP contribution is -2.49. The maximum absolute atomic E-state index is 12.8. The van der Waals surface area contributed by atoms with Crippen LogP contribution in [0.4, 0.5) is 5.69 Å². The number of amides is 1. The fraction of sp³-hybridized carbons (Fsp3) is 0.588. The van der Waals surface area contributed by atoms with Gasteiger partial charge >= 0.3 is 0 Å². The first-order valence-electron chi connectivity index (χ1n) is 7.79. The number of benzene rings is 1. The maximum atomic E-state index is 12.8. The van der Waals surface area contributed by atoms with Crippen LogP contribution in [0.3, 0.4) is 0 Å². The molecule has 0 saturated carbocycles. The van der Waals surface area contributed by atoms with Crippen molar-refractivity contribution in [2.75, 3.05) is 39.3 Å². The number of nitrogens with two attached hydrogens (primary N) is 1. The molecule has 0 spiro atoms. The molecular formula is C17H27N3O3. The highest BCUT2D eigenvalue weighted by atomic mass is 16.5. The predicted molar refractivity (Wildman–Crippen MR) is 91.2 cm³/mol. The second-order valence-corrected chi connectivity index (χ2v) is 6.77. The van der Waals surface area contributed by atoms with Crippen molar-refractivity contribution < 1.29 is 14.3 Å². The first kappa shape index (κ1) is 17.6. The molecule has 1 aliphatic rings. The van der Waals surface area contributed by atoms with E-state index in [9.17, 15) is 4.79 Å². The Kier molecular flexibility index (Phi) is 5.16. The van der Waals surface area contributed by atoms with Gasteiger partial charge in [-0.2, -0.15) is 0 Å². The van der Waals surface area contributed by atoms with Gasteiger partial charge < -0.3 is 20.1 Å². The molecule has 0 aromatic heterocycles. The zero-order valence-corrected chi connectivity index (χ0v) is 14.6. The molecule has 6 heteroatoms. The van der Waals surface area contributed by atoms with Crippen LogP contribution < -0.4 is 20.1 Å². The van der Waals surface area contributed by atoms with Crippen LogP contribution in [-0.4, -0.2) is 56.7 Å². The molecule has 0 radical (unpaired) electrons. The van der Waals surface area contributed by atoms with E-state index in [0.717, 1.165) is 12.1 Å². The van der Waals surface area contributed by atoms with Crippen molar-refractivity contribution in [2.45, 2.75) is 31.8 Å². The first-order valence-corrected chi connectivity index (χ1v) is 7.79. The lowest BCUT2D eigenvalue weighted by Gasteiger charge is -2.30. The summed E-state index contributed by atoms with van der Waals surface area (Å²) in [5.41, 5.74) is 6.54. The van der Waals surface area contributed by atoms with E-state index in [0.29, 0.717) is 24.6 Å². The Morgan fingerprint density at radius 3 is 2.30 bits per heavy atom. The molecule has 1 fully saturated rings. The second-order valence-electron chi connectivity index (χ2n) is 6.77. The third kappa shape index (κ3) is 4.14. The van der Waals surface area contributed by atoms with Gasteiger partial charge in [0, 0.05) is 36.8 Å². The average Bonchev–Trinajstić information content (AvgIpc) is 2.86. The van der Waals surface area contributed by atoms with Crippen LogP contribution in [0.15, 0.2) is 18.2 Å². The molecule has 1 saturated heterocycles. The summed E-state index contributed by atoms with van der Waals surface area (Å²) in [6.07, 6.45) is 0.783. The lowest BCUT2D eigenvalue weighted by molar-refractivity contribution is -0.121. The molecule has 1 aliphatic heterocycles. The molecule has 1 heterocycles. The standard InChI is InChI=1S/C17H27N3O3/c1-17(2,18)11-19(3)15-6-7-20(16(15)21)12-8-13(22-4)10-14(9-12)23-5/h8-10,15H,6-7,11,18H2,1-5H3. The number of hydrogen-bond donors (Lipinski definition) is 1. The Balaban J connectivity index is 2.18. The van der Waals surface area contributed by atoms with E-state index in [2.05, 4.69) is 0 Å². The minimum absolute atomic E-state index is 0.0899. The summed E-state index contributed by atoms with van der Waals surface area (Å²) in [7, 11) is 5.15. The monoisotopic (exact) mass is 321 g/mol. The van der Waals surface area contributed by atoms with Crippen molar-refractivity contribution in [3.05, 3.63) is 18.2 Å². The van der Waals surface area contributed by atoms with Gasteiger partial charge in [0.2, 0.25) is 5.91 Å². The number of nitrogens with zero attached hydrogens (tertiary/aromatic N) is 2. The number of hydrogen-bond acceptors (Lipinski definition) is 5. The third-order valence-electron chi connectivity index (χ3n) is 4.01. The van der Waals surface area contributed by atoms with Gasteiger partial charge in [0.15, 0.2) is 0 Å². The quantitative estimate of drug-likeness (QED) is 0.859. The van der Waals surface area contributed by atoms with Gasteiger partial charge in [0.1, 0.15) is 11.5 Å². The lowest BCUT2D eigenvalue weighted by atomic mass is 10.1. The summed E-state index contributed by atoms with van der Waals surface area (Å²) in [5, 5.41) is 0. The largest absolute Gasteiger partial charge is 0.497 e. The highest BCUT2D eigenvalue weighted by Crippen LogP contribution is 2.31. The van der Waals surface area contributed by atoms with Crippen molar-refractivity contribution >= 4 is 11.6 Å². The fourth-order valence-electron chi connectivity index (χ4n) is 3.03. The number of likely N-dealkylation sites (N-methyl/N-ethyl adjacent to an activating group) is 1. The van der Waals surface area contributed by atoms with Crippen molar-refractivity contribution in [2.24, 2.45) is 5.73 Å². The molecule has 2 rings (SSSR count). The van der Waals surface area contributed by atoms with Crippen LogP contribution in [0, 0.1) is 0 Å². The SMILES string of the molecule is COc1cc(OC)cc(N2CCC(N(C)CC(C)(C)N)C2=O)c1. The highest BCUT2D eigenvalue weighted by Gasteiger charge is 2.36. The first-order chi connectivity index (χ1) is 10.7. The molecule has 1 unspecified atom stereocenters. The average molecular weight is 321 g/mol. The van der Waals surface area contributed by atoms with Gasteiger partial charge in [-0.15, -0.1) is 0 Å². The topological polar surface area (TPSA) is 68.0 Å². The molecule has 1 atom stereocenters. The number of rotatable bonds is 6. The summed E-state index contributed by atoms with van der Waals surface area (Å²) in [5.74, 6) is 1.44. The number of anilines is 1. The Labute approximate surface area is 138 Å². The Morgan fingerprint density at radius 2 is 1.83 bits per heavy atom. The van der Waals surface area contributed by atoms with E-state index in [1.165, 1.54) is 0 Å². The minimum atomic E-state index is -0.332. The van der Waals surface area contributed by atoms with E-state index in [1.807, 2.05) is 37.9 Å². The van der Waals surface area contributed by atoms with Crippen LogP contribution in [0.2, 0.25) is 0 Å². The summed E-state index contributed by atoms with van der Waals surface area (Å²) < 4.78 is 10.6. The molecule has 128 valence electrons. The summed E-state index contributed by atoms with van der Waals surface area (Å²) in [4.78, 5) is 16.6. The normalized spacial score (nSPS) is 18.7. The summed E-state index contributed by atoms with van der Waals surface area (Å²) in [6, 6.07) is 5.37. The van der Waals surface area contributed by atoms with Crippen LogP contribution in [0.5, 0.6) is 11.5 Å². The van der Waals surface area contributed by atoms with Gasteiger partial charge in [0.05, 0.1) is 25.9 Å². The smallest absolute Gasteiger partial charge is 0.244 e. The van der Waals surface area contributed by atoms with Gasteiger partial charge in [-0.05, 0) is 27.3 Å². The van der Waals surface area contributed by atoms with Crippen LogP contribution >= 0.6 is 0 Å². The van der Waals surface area contributed by atoms with Crippen molar-refractivity contribution in [1.82, 2.24) is 4.90 Å². The van der Waals surface area contributed by atoms with E-state index >= 15 is 0 Å².